The van der Waals surface area contributed by atoms with Gasteiger partial charge in [0.25, 0.3) is 0 Å². The van der Waals surface area contributed by atoms with Crippen LogP contribution in [-0.4, -0.2) is 38.3 Å². The Hall–Kier alpha value is -2.34. The van der Waals surface area contributed by atoms with Crippen molar-refractivity contribution in [3.63, 3.8) is 0 Å². The van der Waals surface area contributed by atoms with E-state index in [2.05, 4.69) is 62.9 Å². The molecular formula is C22H29N3O2S. The third-order valence-corrected chi connectivity index (χ3v) is 5.68. The maximum Gasteiger partial charge on any atom is 0.166 e. The fraction of sp³-hybridized carbons (Fsp3) is 0.409. The summed E-state index contributed by atoms with van der Waals surface area (Å²) in [6.45, 7) is 6.73. The molecule has 0 atom stereocenters. The number of aromatic amines is 1. The fourth-order valence-corrected chi connectivity index (χ4v) is 4.00. The van der Waals surface area contributed by atoms with E-state index in [4.69, 9.17) is 14.5 Å². The van der Waals surface area contributed by atoms with E-state index in [-0.39, 0.29) is 5.41 Å². The number of hydrogen-bond donors (Lipinski definition) is 1. The second-order valence-electron chi connectivity index (χ2n) is 8.04. The average molecular weight is 400 g/mol. The highest BCUT2D eigenvalue weighted by molar-refractivity contribution is 7.98. The normalized spacial score (nSPS) is 11.7. The maximum absolute atomic E-state index is 5.38. The molecule has 1 heterocycles. The first kappa shape index (κ1) is 20.4. The highest BCUT2D eigenvalue weighted by Gasteiger charge is 2.17. The second kappa shape index (κ2) is 7.95. The molecule has 0 unspecified atom stereocenters. The van der Waals surface area contributed by atoms with Crippen LogP contribution in [0.25, 0.3) is 11.0 Å². The average Bonchev–Trinajstić information content (AvgIpc) is 3.05. The standard InChI is InChI=1S/C22H29N3O2S/c1-22(2,3)15-8-9-18(25(4)5)14(10-15)13-28-21-23-16-11-19(26-6)20(27-7)12-17(16)24-21/h8-12H,13H2,1-7H3,(H,23,24). The van der Waals surface area contributed by atoms with Crippen molar-refractivity contribution in [2.24, 2.45) is 0 Å². The van der Waals surface area contributed by atoms with Crippen LogP contribution in [0.5, 0.6) is 11.5 Å². The topological polar surface area (TPSA) is 50.4 Å². The zero-order valence-electron chi connectivity index (χ0n) is 17.7. The van der Waals surface area contributed by atoms with Crippen molar-refractivity contribution in [3.8, 4) is 11.5 Å². The lowest BCUT2D eigenvalue weighted by molar-refractivity contribution is 0.356. The van der Waals surface area contributed by atoms with Crippen LogP contribution in [0.1, 0.15) is 31.9 Å². The molecule has 0 fully saturated rings. The van der Waals surface area contributed by atoms with Gasteiger partial charge >= 0.3 is 0 Å². The molecule has 0 spiro atoms. The Morgan fingerprint density at radius 2 is 1.71 bits per heavy atom. The van der Waals surface area contributed by atoms with Crippen molar-refractivity contribution in [2.75, 3.05) is 33.2 Å². The quantitative estimate of drug-likeness (QED) is 0.575. The fourth-order valence-electron chi connectivity index (χ4n) is 3.13. The molecule has 0 aliphatic heterocycles. The highest BCUT2D eigenvalue weighted by atomic mass is 32.2. The van der Waals surface area contributed by atoms with Gasteiger partial charge in [0, 0.05) is 37.7 Å². The number of nitrogens with one attached hydrogen (secondary N) is 1. The summed E-state index contributed by atoms with van der Waals surface area (Å²) in [4.78, 5) is 10.3. The summed E-state index contributed by atoms with van der Waals surface area (Å²) in [6.07, 6.45) is 0. The zero-order chi connectivity index (χ0) is 20.5. The number of aromatic nitrogens is 2. The maximum atomic E-state index is 5.38. The molecule has 28 heavy (non-hydrogen) atoms. The van der Waals surface area contributed by atoms with E-state index in [1.54, 1.807) is 26.0 Å². The van der Waals surface area contributed by atoms with Crippen molar-refractivity contribution >= 4 is 28.5 Å². The lowest BCUT2D eigenvalue weighted by Crippen LogP contribution is -2.15. The van der Waals surface area contributed by atoms with Crippen molar-refractivity contribution in [2.45, 2.75) is 37.1 Å². The molecule has 3 aromatic rings. The van der Waals surface area contributed by atoms with Crippen LogP contribution < -0.4 is 14.4 Å². The van der Waals surface area contributed by atoms with Crippen LogP contribution in [0.3, 0.4) is 0 Å². The van der Waals surface area contributed by atoms with Gasteiger partial charge in [0.15, 0.2) is 16.7 Å². The molecule has 1 N–H and O–H groups in total. The van der Waals surface area contributed by atoms with Crippen LogP contribution in [-0.2, 0) is 11.2 Å². The Labute approximate surface area is 171 Å². The Morgan fingerprint density at radius 3 is 2.32 bits per heavy atom. The molecule has 0 radical (unpaired) electrons. The third kappa shape index (κ3) is 4.22. The lowest BCUT2D eigenvalue weighted by Gasteiger charge is -2.23. The minimum atomic E-state index is 0.122. The number of rotatable bonds is 6. The van der Waals surface area contributed by atoms with Gasteiger partial charge in [0.1, 0.15) is 0 Å². The van der Waals surface area contributed by atoms with Crippen molar-refractivity contribution in [1.82, 2.24) is 9.97 Å². The number of ether oxygens (including phenoxy) is 2. The van der Waals surface area contributed by atoms with Crippen LogP contribution in [0.4, 0.5) is 5.69 Å². The van der Waals surface area contributed by atoms with E-state index in [1.807, 2.05) is 12.1 Å². The summed E-state index contributed by atoms with van der Waals surface area (Å²) in [5.41, 5.74) is 5.81. The number of benzene rings is 2. The predicted octanol–water partition coefficient (Wildman–Crippen LogP) is 5.24. The first-order valence-electron chi connectivity index (χ1n) is 9.28. The van der Waals surface area contributed by atoms with Gasteiger partial charge in [0.05, 0.1) is 25.3 Å². The van der Waals surface area contributed by atoms with Gasteiger partial charge in [-0.15, -0.1) is 0 Å². The van der Waals surface area contributed by atoms with E-state index >= 15 is 0 Å². The Morgan fingerprint density at radius 1 is 1.04 bits per heavy atom. The van der Waals surface area contributed by atoms with Crippen molar-refractivity contribution in [3.05, 3.63) is 41.5 Å². The molecule has 0 saturated carbocycles. The molecule has 6 heteroatoms. The molecule has 1 aromatic heterocycles. The number of anilines is 1. The smallest absolute Gasteiger partial charge is 0.166 e. The molecule has 3 rings (SSSR count). The summed E-state index contributed by atoms with van der Waals surface area (Å²) >= 11 is 1.70. The van der Waals surface area contributed by atoms with Gasteiger partial charge in [-0.2, -0.15) is 0 Å². The third-order valence-electron chi connectivity index (χ3n) is 4.76. The SMILES string of the molecule is COc1cc2nc(SCc3cc(C(C)(C)C)ccc3N(C)C)[nH]c2cc1OC. The van der Waals surface area contributed by atoms with E-state index in [9.17, 15) is 0 Å². The molecule has 150 valence electrons. The molecule has 0 aliphatic carbocycles. The Balaban J connectivity index is 1.89. The Kier molecular flexibility index (Phi) is 5.79. The monoisotopic (exact) mass is 399 g/mol. The number of nitrogens with zero attached hydrogens (tertiary/aromatic N) is 2. The number of thioether (sulfide) groups is 1. The summed E-state index contributed by atoms with van der Waals surface area (Å²) in [5, 5.41) is 0.885. The molecule has 0 amide bonds. The van der Waals surface area contributed by atoms with Crippen molar-refractivity contribution in [1.29, 1.82) is 0 Å². The Bertz CT molecular complexity index is 933. The molecule has 2 aromatic carbocycles. The van der Waals surface area contributed by atoms with Gasteiger partial charge in [-0.25, -0.2) is 4.98 Å². The molecule has 0 aliphatic rings. The van der Waals surface area contributed by atoms with Crippen LogP contribution >= 0.6 is 11.8 Å². The lowest BCUT2D eigenvalue weighted by atomic mass is 9.86. The van der Waals surface area contributed by atoms with Crippen LogP contribution in [0, 0.1) is 0 Å². The summed E-state index contributed by atoms with van der Waals surface area (Å²) < 4.78 is 10.8. The number of imidazole rings is 1. The van der Waals surface area contributed by atoms with Gasteiger partial charge < -0.3 is 19.4 Å². The number of fused-ring (bicyclic) bond motifs is 1. The van der Waals surface area contributed by atoms with Gasteiger partial charge in [-0.1, -0.05) is 44.7 Å². The summed E-state index contributed by atoms with van der Waals surface area (Å²) in [7, 11) is 7.44. The van der Waals surface area contributed by atoms with Gasteiger partial charge in [-0.05, 0) is 22.6 Å². The van der Waals surface area contributed by atoms with Gasteiger partial charge in [-0.3, -0.25) is 0 Å². The molecule has 0 saturated heterocycles. The number of methoxy groups -OCH3 is 2. The van der Waals surface area contributed by atoms with Crippen LogP contribution in [0.2, 0.25) is 0 Å². The number of H-pyrrole nitrogens is 1. The first-order valence-corrected chi connectivity index (χ1v) is 10.3. The summed E-state index contributed by atoms with van der Waals surface area (Å²) in [5.74, 6) is 2.22. The predicted molar refractivity (Wildman–Crippen MR) is 118 cm³/mol. The molecule has 5 nitrogen and oxygen atoms in total. The zero-order valence-corrected chi connectivity index (χ0v) is 18.5. The van der Waals surface area contributed by atoms with Crippen LogP contribution in [0.15, 0.2) is 35.5 Å². The molecular weight excluding hydrogens is 370 g/mol. The minimum absolute atomic E-state index is 0.122. The minimum Gasteiger partial charge on any atom is -0.493 e. The summed E-state index contributed by atoms with van der Waals surface area (Å²) in [6, 6.07) is 10.6. The largest absolute Gasteiger partial charge is 0.493 e. The first-order chi connectivity index (χ1) is 13.2. The van der Waals surface area contributed by atoms with Crippen molar-refractivity contribution < 1.29 is 9.47 Å². The number of hydrogen-bond acceptors (Lipinski definition) is 5. The highest BCUT2D eigenvalue weighted by Crippen LogP contribution is 2.35. The van der Waals surface area contributed by atoms with E-state index in [1.165, 1.54) is 16.8 Å². The molecule has 0 bridgehead atoms. The van der Waals surface area contributed by atoms with E-state index in [0.29, 0.717) is 11.5 Å². The van der Waals surface area contributed by atoms with Gasteiger partial charge in [0.2, 0.25) is 0 Å². The van der Waals surface area contributed by atoms with E-state index < -0.39 is 0 Å². The van der Waals surface area contributed by atoms with E-state index in [0.717, 1.165) is 21.9 Å². The second-order valence-corrected chi connectivity index (χ2v) is 9.01.